The second-order valence-corrected chi connectivity index (χ2v) is 7.79. The van der Waals surface area contributed by atoms with Gasteiger partial charge in [-0.05, 0) is 32.4 Å². The summed E-state index contributed by atoms with van der Waals surface area (Å²) in [7, 11) is 1.44. The molecule has 0 saturated carbocycles. The monoisotopic (exact) mass is 432 g/mol. The number of hydrogen-bond acceptors (Lipinski definition) is 4. The highest BCUT2D eigenvalue weighted by Gasteiger charge is 2.57. The first-order valence-corrected chi connectivity index (χ1v) is 10.7. The molecule has 0 amide bonds. The van der Waals surface area contributed by atoms with Crippen LogP contribution in [-0.4, -0.2) is 82.4 Å². The Morgan fingerprint density at radius 3 is 2.57 bits per heavy atom. The van der Waals surface area contributed by atoms with Gasteiger partial charge in [0.2, 0.25) is 5.60 Å². The van der Waals surface area contributed by atoms with Crippen molar-refractivity contribution in [3.63, 3.8) is 0 Å². The molecule has 1 aromatic rings. The number of aryl methyl sites for hydroxylation is 1. The van der Waals surface area contributed by atoms with E-state index in [-0.39, 0.29) is 6.54 Å². The number of aromatic nitrogens is 2. The van der Waals surface area contributed by atoms with Crippen LogP contribution in [0.3, 0.4) is 0 Å². The van der Waals surface area contributed by atoms with Crippen LogP contribution >= 0.6 is 0 Å². The summed E-state index contributed by atoms with van der Waals surface area (Å²) in [6.45, 7) is 11.3. The maximum Gasteiger partial charge on any atom is 0.424 e. The summed E-state index contributed by atoms with van der Waals surface area (Å²) >= 11 is 0. The molecule has 2 heterocycles. The summed E-state index contributed by atoms with van der Waals surface area (Å²) in [5.41, 5.74) is -3.04. The average molecular weight is 433 g/mol. The maximum absolute atomic E-state index is 13.7. The van der Waals surface area contributed by atoms with Gasteiger partial charge in [-0.2, -0.15) is 13.2 Å². The molecule has 1 aliphatic heterocycles. The first-order chi connectivity index (χ1) is 14.2. The zero-order valence-electron chi connectivity index (χ0n) is 18.4. The number of alkyl halides is 3. The molecule has 7 nitrogen and oxygen atoms in total. The van der Waals surface area contributed by atoms with Crippen molar-refractivity contribution in [3.05, 3.63) is 18.2 Å². The minimum Gasteiger partial charge on any atom is -0.374 e. The first-order valence-electron chi connectivity index (χ1n) is 10.7. The molecule has 2 atom stereocenters. The fourth-order valence-electron chi connectivity index (χ4n) is 3.91. The van der Waals surface area contributed by atoms with Crippen molar-refractivity contribution >= 4 is 5.96 Å². The molecule has 0 bridgehead atoms. The summed E-state index contributed by atoms with van der Waals surface area (Å²) in [6.07, 6.45) is -1.77. The smallest absolute Gasteiger partial charge is 0.374 e. The normalized spacial score (nSPS) is 20.1. The number of rotatable bonds is 9. The van der Waals surface area contributed by atoms with Crippen LogP contribution in [0.1, 0.15) is 39.4 Å². The quantitative estimate of drug-likeness (QED) is 0.463. The van der Waals surface area contributed by atoms with Crippen LogP contribution in [0.5, 0.6) is 0 Å². The molecule has 2 rings (SSSR count). The summed E-state index contributed by atoms with van der Waals surface area (Å²) in [4.78, 5) is 12.6. The van der Waals surface area contributed by atoms with Gasteiger partial charge in [0.15, 0.2) is 5.96 Å². The number of halogens is 3. The van der Waals surface area contributed by atoms with Crippen LogP contribution in [0.4, 0.5) is 13.2 Å². The van der Waals surface area contributed by atoms with E-state index in [9.17, 15) is 18.3 Å². The molecular formula is C20H35F3N6O. The Hall–Kier alpha value is -1.81. The molecular weight excluding hydrogens is 397 g/mol. The van der Waals surface area contributed by atoms with Crippen molar-refractivity contribution in [3.8, 4) is 0 Å². The number of nitrogens with zero attached hydrogens (tertiary/aromatic N) is 5. The van der Waals surface area contributed by atoms with Gasteiger partial charge in [0.1, 0.15) is 5.82 Å². The molecule has 1 aliphatic rings. The third-order valence-electron chi connectivity index (χ3n) is 5.73. The van der Waals surface area contributed by atoms with Crippen LogP contribution in [0.25, 0.3) is 0 Å². The van der Waals surface area contributed by atoms with Crippen LogP contribution in [-0.2, 0) is 12.6 Å². The van der Waals surface area contributed by atoms with E-state index in [0.29, 0.717) is 18.4 Å². The van der Waals surface area contributed by atoms with E-state index in [2.05, 4.69) is 38.9 Å². The van der Waals surface area contributed by atoms with Crippen molar-refractivity contribution in [2.24, 2.45) is 18.0 Å². The fraction of sp³-hybridized carbons (Fsp3) is 0.800. The summed E-state index contributed by atoms with van der Waals surface area (Å²) in [5, 5.41) is 13.7. The van der Waals surface area contributed by atoms with Gasteiger partial charge in [-0.1, -0.05) is 13.8 Å². The van der Waals surface area contributed by atoms with E-state index in [4.69, 9.17) is 0 Å². The SMILES string of the molecule is CCNC(=NCCC(O)(c1nccn1C)C(F)(F)F)N1CCC(CN(CC)CC)C1. The molecule has 1 aromatic heterocycles. The molecule has 2 N–H and O–H groups in total. The topological polar surface area (TPSA) is 68.9 Å². The van der Waals surface area contributed by atoms with Crippen LogP contribution in [0.2, 0.25) is 0 Å². The molecule has 10 heteroatoms. The van der Waals surface area contributed by atoms with Crippen LogP contribution in [0, 0.1) is 5.92 Å². The molecule has 2 unspecified atom stereocenters. The lowest BCUT2D eigenvalue weighted by atomic mass is 9.98. The number of likely N-dealkylation sites (tertiary alicyclic amines) is 1. The van der Waals surface area contributed by atoms with Gasteiger partial charge in [0.25, 0.3) is 0 Å². The Kier molecular flexibility index (Phi) is 8.54. The van der Waals surface area contributed by atoms with E-state index >= 15 is 0 Å². The van der Waals surface area contributed by atoms with Gasteiger partial charge < -0.3 is 24.8 Å². The average Bonchev–Trinajstić information content (AvgIpc) is 3.33. The molecule has 172 valence electrons. The highest BCUT2D eigenvalue weighted by atomic mass is 19.4. The predicted octanol–water partition coefficient (Wildman–Crippen LogP) is 2.19. The minimum absolute atomic E-state index is 0.164. The fourth-order valence-corrected chi connectivity index (χ4v) is 3.91. The Morgan fingerprint density at radius 2 is 2.03 bits per heavy atom. The molecule has 0 spiro atoms. The Morgan fingerprint density at radius 1 is 1.33 bits per heavy atom. The van der Waals surface area contributed by atoms with E-state index < -0.39 is 24.0 Å². The lowest BCUT2D eigenvalue weighted by Gasteiger charge is -2.29. The highest BCUT2D eigenvalue weighted by molar-refractivity contribution is 5.80. The number of guanidine groups is 1. The molecule has 30 heavy (non-hydrogen) atoms. The first kappa shape index (κ1) is 24.5. The van der Waals surface area contributed by atoms with E-state index in [1.807, 2.05) is 6.92 Å². The van der Waals surface area contributed by atoms with E-state index in [1.54, 1.807) is 0 Å². The Labute approximate surface area is 177 Å². The van der Waals surface area contributed by atoms with Gasteiger partial charge in [0, 0.05) is 58.6 Å². The number of nitrogens with one attached hydrogen (secondary N) is 1. The van der Waals surface area contributed by atoms with E-state index in [0.717, 1.165) is 39.1 Å². The Balaban J connectivity index is 2.08. The lowest BCUT2D eigenvalue weighted by Crippen LogP contribution is -2.45. The highest BCUT2D eigenvalue weighted by Crippen LogP contribution is 2.40. The number of aliphatic imine (C=N–C) groups is 1. The van der Waals surface area contributed by atoms with Crippen molar-refractivity contribution < 1.29 is 18.3 Å². The van der Waals surface area contributed by atoms with Crippen LogP contribution < -0.4 is 5.32 Å². The molecule has 0 radical (unpaired) electrons. The van der Waals surface area contributed by atoms with Crippen molar-refractivity contribution in [2.75, 3.05) is 45.8 Å². The lowest BCUT2D eigenvalue weighted by molar-refractivity contribution is -0.272. The Bertz CT molecular complexity index is 688. The summed E-state index contributed by atoms with van der Waals surface area (Å²) < 4.78 is 42.2. The third kappa shape index (κ3) is 5.66. The zero-order chi connectivity index (χ0) is 22.4. The number of hydrogen-bond donors (Lipinski definition) is 2. The number of imidazole rings is 1. The maximum atomic E-state index is 13.7. The summed E-state index contributed by atoms with van der Waals surface area (Å²) in [5.74, 6) is 0.688. The predicted molar refractivity (Wildman–Crippen MR) is 111 cm³/mol. The second-order valence-electron chi connectivity index (χ2n) is 7.79. The third-order valence-corrected chi connectivity index (χ3v) is 5.73. The summed E-state index contributed by atoms with van der Waals surface area (Å²) in [6, 6.07) is 0. The molecule has 1 fully saturated rings. The zero-order valence-corrected chi connectivity index (χ0v) is 18.4. The van der Waals surface area contributed by atoms with Gasteiger partial charge in [0.05, 0.1) is 0 Å². The van der Waals surface area contributed by atoms with Crippen molar-refractivity contribution in [1.29, 1.82) is 0 Å². The van der Waals surface area contributed by atoms with Crippen molar-refractivity contribution in [1.82, 2.24) is 24.7 Å². The van der Waals surface area contributed by atoms with Crippen LogP contribution in [0.15, 0.2) is 17.4 Å². The molecule has 0 aliphatic carbocycles. The largest absolute Gasteiger partial charge is 0.424 e. The standard InChI is InChI=1S/C20H35F3N6O/c1-5-24-18(29-12-8-16(15-29)14-28(6-2)7-3)26-10-9-19(30,20(21,22)23)17-25-11-13-27(17)4/h11,13,16,30H,5-10,12,14-15H2,1-4H3,(H,24,26). The minimum atomic E-state index is -4.84. The van der Waals surface area contributed by atoms with E-state index in [1.165, 1.54) is 24.0 Å². The second kappa shape index (κ2) is 10.5. The van der Waals surface area contributed by atoms with Gasteiger partial charge in [-0.25, -0.2) is 4.98 Å². The number of aliphatic hydroxyl groups is 1. The van der Waals surface area contributed by atoms with Crippen molar-refractivity contribution in [2.45, 2.75) is 45.4 Å². The molecule has 0 aromatic carbocycles. The van der Waals surface area contributed by atoms with Gasteiger partial charge in [-0.3, -0.25) is 4.99 Å². The van der Waals surface area contributed by atoms with Gasteiger partial charge >= 0.3 is 6.18 Å². The molecule has 1 saturated heterocycles. The van der Waals surface area contributed by atoms with Gasteiger partial charge in [-0.15, -0.1) is 0 Å².